The van der Waals surface area contributed by atoms with Gasteiger partial charge >= 0.3 is 0 Å². The van der Waals surface area contributed by atoms with Crippen LogP contribution in [0.25, 0.3) is 27.7 Å². The predicted molar refractivity (Wildman–Crippen MR) is 87.8 cm³/mol. The molecule has 0 radical (unpaired) electrons. The third-order valence-corrected chi connectivity index (χ3v) is 4.61. The lowest BCUT2D eigenvalue weighted by Crippen LogP contribution is -2.18. The number of fused-ring (bicyclic) bond motifs is 1. The summed E-state index contributed by atoms with van der Waals surface area (Å²) < 4.78 is 32.0. The molecule has 3 aromatic heterocycles. The summed E-state index contributed by atoms with van der Waals surface area (Å²) in [6.07, 6.45) is 5.33. The Bertz CT molecular complexity index is 933. The van der Waals surface area contributed by atoms with Gasteiger partial charge in [-0.2, -0.15) is 0 Å². The van der Waals surface area contributed by atoms with Crippen LogP contribution in [0, 0.1) is 13.8 Å². The number of alkyl halides is 2. The topological polar surface area (TPSA) is 54.7 Å². The van der Waals surface area contributed by atoms with Gasteiger partial charge in [-0.05, 0) is 31.9 Å². The Morgan fingerprint density at radius 3 is 2.79 bits per heavy atom. The lowest BCUT2D eigenvalue weighted by Gasteiger charge is -2.21. The maximum Gasteiger partial charge on any atom is 0.251 e. The number of nitrogens with zero attached hydrogens (tertiary/aromatic N) is 2. The molecule has 0 unspecified atom stereocenters. The number of aromatic nitrogens is 3. The molecule has 0 bridgehead atoms. The van der Waals surface area contributed by atoms with Crippen molar-refractivity contribution >= 4 is 16.6 Å². The van der Waals surface area contributed by atoms with E-state index in [-0.39, 0.29) is 12.8 Å². The fraction of sp³-hybridized carbons (Fsp3) is 0.333. The number of aryl methyl sites for hydroxylation is 2. The van der Waals surface area contributed by atoms with Crippen molar-refractivity contribution in [1.29, 1.82) is 0 Å². The highest BCUT2D eigenvalue weighted by Crippen LogP contribution is 2.39. The minimum atomic E-state index is -2.59. The van der Waals surface area contributed by atoms with Gasteiger partial charge in [0.05, 0.1) is 5.69 Å². The van der Waals surface area contributed by atoms with Crippen molar-refractivity contribution in [3.63, 3.8) is 0 Å². The Balaban J connectivity index is 1.82. The summed E-state index contributed by atoms with van der Waals surface area (Å²) in [5.74, 6) is -1.85. The molecule has 3 aromatic rings. The van der Waals surface area contributed by atoms with E-state index in [2.05, 4.69) is 15.1 Å². The number of aromatic amines is 1. The van der Waals surface area contributed by atoms with E-state index >= 15 is 0 Å². The molecule has 6 heteroatoms. The molecule has 0 saturated carbocycles. The Morgan fingerprint density at radius 2 is 2.12 bits per heavy atom. The zero-order valence-corrected chi connectivity index (χ0v) is 13.5. The first-order valence-corrected chi connectivity index (χ1v) is 7.92. The summed E-state index contributed by atoms with van der Waals surface area (Å²) in [4.78, 5) is 7.59. The maximum absolute atomic E-state index is 13.4. The van der Waals surface area contributed by atoms with E-state index in [9.17, 15) is 8.78 Å². The summed E-state index contributed by atoms with van der Waals surface area (Å²) in [6, 6.07) is 2.02. The van der Waals surface area contributed by atoms with Crippen LogP contribution in [0.2, 0.25) is 0 Å². The molecular weight excluding hydrogens is 312 g/mol. The van der Waals surface area contributed by atoms with Crippen LogP contribution in [-0.2, 0) is 0 Å². The van der Waals surface area contributed by atoms with E-state index in [0.717, 1.165) is 44.8 Å². The number of hydrogen-bond donors (Lipinski definition) is 1. The highest BCUT2D eigenvalue weighted by Gasteiger charge is 2.31. The van der Waals surface area contributed by atoms with Crippen molar-refractivity contribution in [3.05, 3.63) is 41.6 Å². The minimum absolute atomic E-state index is 0.109. The van der Waals surface area contributed by atoms with Crippen molar-refractivity contribution < 1.29 is 13.3 Å². The Hall–Kier alpha value is -2.50. The van der Waals surface area contributed by atoms with Gasteiger partial charge in [0.2, 0.25) is 0 Å². The van der Waals surface area contributed by atoms with Gasteiger partial charge in [0.15, 0.2) is 0 Å². The van der Waals surface area contributed by atoms with E-state index in [1.807, 2.05) is 26.1 Å². The summed E-state index contributed by atoms with van der Waals surface area (Å²) >= 11 is 0. The average Bonchev–Trinajstić information content (AvgIpc) is 3.10. The molecule has 24 heavy (non-hydrogen) atoms. The first-order chi connectivity index (χ1) is 11.4. The number of H-pyrrole nitrogens is 1. The molecule has 0 saturated heterocycles. The second-order valence-corrected chi connectivity index (χ2v) is 6.31. The van der Waals surface area contributed by atoms with Crippen molar-refractivity contribution in [3.8, 4) is 11.1 Å². The molecule has 0 amide bonds. The van der Waals surface area contributed by atoms with Gasteiger partial charge in [0.25, 0.3) is 5.92 Å². The van der Waals surface area contributed by atoms with Gasteiger partial charge in [-0.1, -0.05) is 11.2 Å². The molecular formula is C18H17F2N3O. The van der Waals surface area contributed by atoms with Gasteiger partial charge in [-0.25, -0.2) is 13.8 Å². The number of allylic oxidation sites excluding steroid dienone is 2. The van der Waals surface area contributed by atoms with E-state index < -0.39 is 5.92 Å². The van der Waals surface area contributed by atoms with Crippen LogP contribution in [-0.4, -0.2) is 21.0 Å². The normalized spacial score (nSPS) is 17.2. The number of rotatable bonds is 2. The Morgan fingerprint density at radius 1 is 1.29 bits per heavy atom. The number of pyridine rings is 1. The quantitative estimate of drug-likeness (QED) is 0.717. The highest BCUT2D eigenvalue weighted by molar-refractivity contribution is 5.93. The lowest BCUT2D eigenvalue weighted by atomic mass is 9.91. The lowest BCUT2D eigenvalue weighted by molar-refractivity contribution is -0.00602. The first-order valence-electron chi connectivity index (χ1n) is 7.92. The monoisotopic (exact) mass is 329 g/mol. The molecule has 1 aliphatic rings. The van der Waals surface area contributed by atoms with Crippen LogP contribution in [0.3, 0.4) is 0 Å². The van der Waals surface area contributed by atoms with Crippen molar-refractivity contribution in [2.24, 2.45) is 0 Å². The van der Waals surface area contributed by atoms with Crippen molar-refractivity contribution in [1.82, 2.24) is 15.1 Å². The van der Waals surface area contributed by atoms with Gasteiger partial charge in [-0.15, -0.1) is 0 Å². The van der Waals surface area contributed by atoms with Crippen LogP contribution in [0.4, 0.5) is 8.78 Å². The van der Waals surface area contributed by atoms with E-state index in [1.165, 1.54) is 0 Å². The summed E-state index contributed by atoms with van der Waals surface area (Å²) in [7, 11) is 0. The second kappa shape index (κ2) is 5.26. The average molecular weight is 329 g/mol. The molecule has 4 nitrogen and oxygen atoms in total. The summed E-state index contributed by atoms with van der Waals surface area (Å²) in [5.41, 5.74) is 5.30. The third kappa shape index (κ3) is 2.42. The number of halogens is 2. The molecule has 4 rings (SSSR count). The SMILES string of the molecule is Cc1noc(C)c1-c1cnc2[nH]cc(C3=CCC(F)(F)CC3)c2c1. The minimum Gasteiger partial charge on any atom is -0.361 e. The molecule has 0 atom stereocenters. The molecule has 0 aliphatic heterocycles. The fourth-order valence-corrected chi connectivity index (χ4v) is 3.34. The van der Waals surface area contributed by atoms with E-state index in [1.54, 1.807) is 12.3 Å². The zero-order chi connectivity index (χ0) is 16.9. The van der Waals surface area contributed by atoms with E-state index in [0.29, 0.717) is 6.42 Å². The van der Waals surface area contributed by atoms with Crippen LogP contribution in [0.1, 0.15) is 36.3 Å². The predicted octanol–water partition coefficient (Wildman–Crippen LogP) is 5.04. The number of hydrogen-bond acceptors (Lipinski definition) is 3. The molecule has 0 spiro atoms. The van der Waals surface area contributed by atoms with E-state index in [4.69, 9.17) is 4.52 Å². The van der Waals surface area contributed by atoms with Crippen molar-refractivity contribution in [2.45, 2.75) is 39.0 Å². The first kappa shape index (κ1) is 15.1. The maximum atomic E-state index is 13.4. The molecule has 124 valence electrons. The summed E-state index contributed by atoms with van der Waals surface area (Å²) in [5, 5.41) is 4.92. The van der Waals surface area contributed by atoms with Crippen LogP contribution in [0.15, 0.2) is 29.1 Å². The molecule has 0 fully saturated rings. The Kier molecular flexibility index (Phi) is 3.30. The second-order valence-electron chi connectivity index (χ2n) is 6.31. The fourth-order valence-electron chi connectivity index (χ4n) is 3.34. The van der Waals surface area contributed by atoms with Crippen LogP contribution >= 0.6 is 0 Å². The largest absolute Gasteiger partial charge is 0.361 e. The third-order valence-electron chi connectivity index (χ3n) is 4.61. The van der Waals surface area contributed by atoms with Gasteiger partial charge in [0.1, 0.15) is 11.4 Å². The smallest absolute Gasteiger partial charge is 0.251 e. The standard InChI is InChI=1S/C18H17F2N3O/c1-10-16(11(2)24-23-10)13-7-14-15(9-22-17(14)21-8-13)12-3-5-18(19,20)6-4-12/h3,7-9H,4-6H2,1-2H3,(H,21,22). The molecule has 0 aromatic carbocycles. The van der Waals surface area contributed by atoms with Gasteiger partial charge in [0, 0.05) is 47.3 Å². The van der Waals surface area contributed by atoms with Gasteiger partial charge in [-0.3, -0.25) is 0 Å². The summed E-state index contributed by atoms with van der Waals surface area (Å²) in [6.45, 7) is 3.75. The van der Waals surface area contributed by atoms with Gasteiger partial charge < -0.3 is 9.51 Å². The Labute approximate surface area is 137 Å². The van der Waals surface area contributed by atoms with Crippen LogP contribution < -0.4 is 0 Å². The van der Waals surface area contributed by atoms with Crippen molar-refractivity contribution in [2.75, 3.05) is 0 Å². The molecule has 1 N–H and O–H groups in total. The van der Waals surface area contributed by atoms with Crippen LogP contribution in [0.5, 0.6) is 0 Å². The zero-order valence-electron chi connectivity index (χ0n) is 13.5. The molecule has 1 aliphatic carbocycles. The number of nitrogens with one attached hydrogen (secondary N) is 1. The highest BCUT2D eigenvalue weighted by atomic mass is 19.3. The molecule has 3 heterocycles.